The molecule has 0 radical (unpaired) electrons. The van der Waals surface area contributed by atoms with Crippen LogP contribution in [0.2, 0.25) is 0 Å². The van der Waals surface area contributed by atoms with Crippen LogP contribution in [0.15, 0.2) is 30.2 Å². The molecule has 0 bridgehead atoms. The molecule has 0 amide bonds. The number of nitrogens with one attached hydrogen (secondary N) is 1. The molecule has 1 unspecified atom stereocenters. The molecule has 4 heteroatoms. The topological polar surface area (TPSA) is 60.2 Å². The molecule has 1 aliphatic rings. The Labute approximate surface area is 95.5 Å². The van der Waals surface area contributed by atoms with Crippen LogP contribution >= 0.6 is 0 Å². The van der Waals surface area contributed by atoms with E-state index in [1.807, 2.05) is 25.3 Å². The van der Waals surface area contributed by atoms with Gasteiger partial charge in [-0.25, -0.2) is 5.43 Å². The van der Waals surface area contributed by atoms with Crippen LogP contribution in [0.4, 0.5) is 0 Å². The Morgan fingerprint density at radius 3 is 2.94 bits per heavy atom. The van der Waals surface area contributed by atoms with E-state index in [2.05, 4.69) is 16.5 Å². The van der Waals surface area contributed by atoms with E-state index in [0.717, 1.165) is 36.5 Å². The lowest BCUT2D eigenvalue weighted by molar-refractivity contribution is 0.168. The second-order valence-electron chi connectivity index (χ2n) is 3.93. The lowest BCUT2D eigenvalue weighted by Gasteiger charge is -2.23. The van der Waals surface area contributed by atoms with Gasteiger partial charge in [0.2, 0.25) is 0 Å². The number of aromatic nitrogens is 1. The molecule has 0 fully saturated rings. The quantitative estimate of drug-likeness (QED) is 0.598. The number of nitrogens with zero attached hydrogens (tertiary/aromatic N) is 1. The SMILES string of the molecule is Cc1ccc(C(NN)C2=CCCCO2)cn1. The summed E-state index contributed by atoms with van der Waals surface area (Å²) >= 11 is 0. The molecule has 0 saturated carbocycles. The largest absolute Gasteiger partial charge is 0.496 e. The monoisotopic (exact) mass is 219 g/mol. The molecule has 4 nitrogen and oxygen atoms in total. The Balaban J connectivity index is 2.21. The molecule has 0 spiro atoms. The van der Waals surface area contributed by atoms with Crippen molar-refractivity contribution in [2.75, 3.05) is 6.61 Å². The molecule has 1 aliphatic heterocycles. The first-order chi connectivity index (χ1) is 7.81. The molecule has 0 aromatic carbocycles. The van der Waals surface area contributed by atoms with Crippen molar-refractivity contribution in [3.05, 3.63) is 41.4 Å². The molecule has 2 rings (SSSR count). The Morgan fingerprint density at radius 2 is 2.38 bits per heavy atom. The fraction of sp³-hybridized carbons (Fsp3) is 0.417. The summed E-state index contributed by atoms with van der Waals surface area (Å²) in [5, 5.41) is 0. The third kappa shape index (κ3) is 2.40. The predicted octanol–water partition coefficient (Wildman–Crippen LogP) is 1.59. The van der Waals surface area contributed by atoms with Crippen molar-refractivity contribution in [1.82, 2.24) is 10.4 Å². The zero-order chi connectivity index (χ0) is 11.4. The smallest absolute Gasteiger partial charge is 0.115 e. The van der Waals surface area contributed by atoms with Crippen LogP contribution in [-0.2, 0) is 4.74 Å². The van der Waals surface area contributed by atoms with Crippen molar-refractivity contribution in [1.29, 1.82) is 0 Å². The highest BCUT2D eigenvalue weighted by molar-refractivity contribution is 5.24. The summed E-state index contributed by atoms with van der Waals surface area (Å²) in [5.74, 6) is 6.48. The summed E-state index contributed by atoms with van der Waals surface area (Å²) in [7, 11) is 0. The average molecular weight is 219 g/mol. The second kappa shape index (κ2) is 5.09. The van der Waals surface area contributed by atoms with Gasteiger partial charge in [-0.3, -0.25) is 10.8 Å². The first-order valence-electron chi connectivity index (χ1n) is 5.53. The van der Waals surface area contributed by atoms with E-state index in [4.69, 9.17) is 10.6 Å². The Bertz CT molecular complexity index is 372. The lowest BCUT2D eigenvalue weighted by Crippen LogP contribution is -2.31. The predicted molar refractivity (Wildman–Crippen MR) is 62.3 cm³/mol. The zero-order valence-electron chi connectivity index (χ0n) is 9.44. The maximum Gasteiger partial charge on any atom is 0.115 e. The molecule has 0 aliphatic carbocycles. The first-order valence-corrected chi connectivity index (χ1v) is 5.53. The van der Waals surface area contributed by atoms with E-state index in [1.165, 1.54) is 0 Å². The van der Waals surface area contributed by atoms with Crippen LogP contribution in [0.5, 0.6) is 0 Å². The average Bonchev–Trinajstić information content (AvgIpc) is 2.34. The fourth-order valence-corrected chi connectivity index (χ4v) is 1.77. The van der Waals surface area contributed by atoms with Gasteiger partial charge in [-0.1, -0.05) is 6.07 Å². The van der Waals surface area contributed by atoms with Crippen molar-refractivity contribution in [3.8, 4) is 0 Å². The summed E-state index contributed by atoms with van der Waals surface area (Å²) in [6.45, 7) is 2.73. The second-order valence-corrected chi connectivity index (χ2v) is 3.93. The Morgan fingerprint density at radius 1 is 1.50 bits per heavy atom. The summed E-state index contributed by atoms with van der Waals surface area (Å²) in [6, 6.07) is 3.91. The molecule has 0 saturated heterocycles. The zero-order valence-corrected chi connectivity index (χ0v) is 9.44. The van der Waals surface area contributed by atoms with E-state index in [1.54, 1.807) is 0 Å². The highest BCUT2D eigenvalue weighted by Crippen LogP contribution is 2.24. The molecule has 2 heterocycles. The van der Waals surface area contributed by atoms with Crippen molar-refractivity contribution < 1.29 is 4.74 Å². The standard InChI is InChI=1S/C12H17N3O/c1-9-5-6-10(8-14-9)12(15-13)11-4-2-3-7-16-11/h4-6,8,12,15H,2-3,7,13H2,1H3. The van der Waals surface area contributed by atoms with Gasteiger partial charge in [-0.15, -0.1) is 0 Å². The van der Waals surface area contributed by atoms with Crippen molar-refractivity contribution in [2.45, 2.75) is 25.8 Å². The van der Waals surface area contributed by atoms with E-state index in [-0.39, 0.29) is 6.04 Å². The fourth-order valence-electron chi connectivity index (χ4n) is 1.77. The summed E-state index contributed by atoms with van der Waals surface area (Å²) in [5.41, 5.74) is 4.80. The summed E-state index contributed by atoms with van der Waals surface area (Å²) in [4.78, 5) is 4.26. The minimum absolute atomic E-state index is 0.0894. The maximum absolute atomic E-state index is 5.61. The normalized spacial score (nSPS) is 17.5. The van der Waals surface area contributed by atoms with Gasteiger partial charge in [0, 0.05) is 11.9 Å². The third-order valence-electron chi connectivity index (χ3n) is 2.68. The van der Waals surface area contributed by atoms with Crippen molar-refractivity contribution in [3.63, 3.8) is 0 Å². The van der Waals surface area contributed by atoms with Gasteiger partial charge in [0.15, 0.2) is 0 Å². The Kier molecular flexibility index (Phi) is 3.54. The van der Waals surface area contributed by atoms with Gasteiger partial charge < -0.3 is 4.74 Å². The molecular formula is C12H17N3O. The number of hydrogen-bond acceptors (Lipinski definition) is 4. The first kappa shape index (κ1) is 11.1. The van der Waals surface area contributed by atoms with Crippen LogP contribution in [-0.4, -0.2) is 11.6 Å². The Hall–Kier alpha value is -1.39. The molecule has 3 N–H and O–H groups in total. The van der Waals surface area contributed by atoms with Crippen LogP contribution in [0.25, 0.3) is 0 Å². The number of pyridine rings is 1. The van der Waals surface area contributed by atoms with E-state index in [9.17, 15) is 0 Å². The maximum atomic E-state index is 5.61. The number of hydrazine groups is 1. The van der Waals surface area contributed by atoms with Crippen LogP contribution < -0.4 is 11.3 Å². The lowest BCUT2D eigenvalue weighted by atomic mass is 10.1. The van der Waals surface area contributed by atoms with Crippen LogP contribution in [0.1, 0.15) is 30.1 Å². The molecular weight excluding hydrogens is 202 g/mol. The molecule has 16 heavy (non-hydrogen) atoms. The number of ether oxygens (including phenoxy) is 1. The van der Waals surface area contributed by atoms with Crippen molar-refractivity contribution in [2.24, 2.45) is 5.84 Å². The van der Waals surface area contributed by atoms with Gasteiger partial charge in [0.25, 0.3) is 0 Å². The molecule has 86 valence electrons. The van der Waals surface area contributed by atoms with Crippen LogP contribution in [0.3, 0.4) is 0 Å². The highest BCUT2D eigenvalue weighted by Gasteiger charge is 2.18. The van der Waals surface area contributed by atoms with Gasteiger partial charge in [0.05, 0.1) is 6.61 Å². The molecule has 1 atom stereocenters. The number of nitrogens with two attached hydrogens (primary N) is 1. The summed E-state index contributed by atoms with van der Waals surface area (Å²) < 4.78 is 5.61. The van der Waals surface area contributed by atoms with Crippen LogP contribution in [0, 0.1) is 6.92 Å². The van der Waals surface area contributed by atoms with E-state index >= 15 is 0 Å². The summed E-state index contributed by atoms with van der Waals surface area (Å²) in [6.07, 6.45) is 6.05. The van der Waals surface area contributed by atoms with Gasteiger partial charge >= 0.3 is 0 Å². The third-order valence-corrected chi connectivity index (χ3v) is 2.68. The number of aryl methyl sites for hydroxylation is 1. The van der Waals surface area contributed by atoms with Gasteiger partial charge in [0.1, 0.15) is 11.8 Å². The molecule has 1 aromatic heterocycles. The van der Waals surface area contributed by atoms with E-state index in [0.29, 0.717) is 0 Å². The van der Waals surface area contributed by atoms with Crippen molar-refractivity contribution >= 4 is 0 Å². The van der Waals surface area contributed by atoms with Gasteiger partial charge in [-0.05, 0) is 37.5 Å². The molecule has 1 aromatic rings. The number of rotatable bonds is 3. The number of allylic oxidation sites excluding steroid dienone is 1. The van der Waals surface area contributed by atoms with Gasteiger partial charge in [-0.2, -0.15) is 0 Å². The number of hydrogen-bond donors (Lipinski definition) is 2. The minimum Gasteiger partial charge on any atom is -0.496 e. The highest BCUT2D eigenvalue weighted by atomic mass is 16.5. The minimum atomic E-state index is -0.0894. The van der Waals surface area contributed by atoms with E-state index < -0.39 is 0 Å².